The molecular formula is C27H32ClN5O3. The number of pyridine rings is 1. The largest absolute Gasteiger partial charge is 0.474 e. The van der Waals surface area contributed by atoms with Gasteiger partial charge in [0.25, 0.3) is 0 Å². The van der Waals surface area contributed by atoms with Crippen molar-refractivity contribution in [2.24, 2.45) is 0 Å². The van der Waals surface area contributed by atoms with Gasteiger partial charge in [-0.1, -0.05) is 17.7 Å². The summed E-state index contributed by atoms with van der Waals surface area (Å²) in [5.41, 5.74) is 1.51. The van der Waals surface area contributed by atoms with Gasteiger partial charge in [0.2, 0.25) is 5.88 Å². The third-order valence-electron chi connectivity index (χ3n) is 6.62. The molecule has 1 amide bonds. The van der Waals surface area contributed by atoms with Crippen molar-refractivity contribution >= 4 is 17.7 Å². The summed E-state index contributed by atoms with van der Waals surface area (Å²) in [6.45, 7) is 5.56. The molecule has 0 saturated heterocycles. The Balaban J connectivity index is 1.36. The highest BCUT2D eigenvalue weighted by Gasteiger charge is 2.32. The first-order valence-corrected chi connectivity index (χ1v) is 12.9. The van der Waals surface area contributed by atoms with Crippen LogP contribution in [-0.2, 0) is 17.6 Å². The number of hydrogen-bond donors (Lipinski definition) is 1. The standard InChI is InChI=1S/C27H32ClN5O3/c1-27(2,3)36-26(34)30-20-15-18-14-19(28)9-12-22(18)33-23(16-20)31-32-25(33)17-7-10-21(11-8-17)35-24-6-4-5-13-29-24/h4-6,9,12-14,17,20-21H,7-8,10-11,15-16H2,1-3H3,(H,30,34)/t17?,20-,21?/m0/s1. The minimum Gasteiger partial charge on any atom is -0.474 e. The molecule has 8 nitrogen and oxygen atoms in total. The number of nitrogens with one attached hydrogen (secondary N) is 1. The van der Waals surface area contributed by atoms with Crippen molar-refractivity contribution in [1.29, 1.82) is 0 Å². The molecule has 1 aromatic carbocycles. The first kappa shape index (κ1) is 24.6. The van der Waals surface area contributed by atoms with Crippen molar-refractivity contribution in [3.05, 3.63) is 64.8 Å². The summed E-state index contributed by atoms with van der Waals surface area (Å²) in [5, 5.41) is 12.9. The van der Waals surface area contributed by atoms with Crippen molar-refractivity contribution in [2.45, 2.75) is 83.0 Å². The average molecular weight is 510 g/mol. The number of amides is 1. The highest BCUT2D eigenvalue weighted by molar-refractivity contribution is 6.30. The van der Waals surface area contributed by atoms with Gasteiger partial charge in [0.15, 0.2) is 0 Å². The van der Waals surface area contributed by atoms with Gasteiger partial charge in [-0.2, -0.15) is 0 Å². The van der Waals surface area contributed by atoms with Gasteiger partial charge in [-0.05, 0) is 82.7 Å². The van der Waals surface area contributed by atoms with Gasteiger partial charge >= 0.3 is 6.09 Å². The topological polar surface area (TPSA) is 91.2 Å². The van der Waals surface area contributed by atoms with Gasteiger partial charge in [0.05, 0.1) is 5.69 Å². The van der Waals surface area contributed by atoms with E-state index in [1.807, 2.05) is 57.2 Å². The fourth-order valence-corrected chi connectivity index (χ4v) is 5.28. The second kappa shape index (κ2) is 10.1. The van der Waals surface area contributed by atoms with E-state index in [-0.39, 0.29) is 18.1 Å². The fourth-order valence-electron chi connectivity index (χ4n) is 5.09. The van der Waals surface area contributed by atoms with Crippen LogP contribution in [0, 0.1) is 0 Å². The Morgan fingerprint density at radius 2 is 1.89 bits per heavy atom. The average Bonchev–Trinajstić information content (AvgIpc) is 3.15. The minimum atomic E-state index is -0.567. The van der Waals surface area contributed by atoms with Crippen LogP contribution in [0.15, 0.2) is 42.6 Å². The number of hydrogen-bond acceptors (Lipinski definition) is 6. The number of nitrogens with zero attached hydrogens (tertiary/aromatic N) is 4. The molecule has 1 N–H and O–H groups in total. The molecule has 0 radical (unpaired) electrons. The molecule has 3 heterocycles. The molecule has 36 heavy (non-hydrogen) atoms. The number of carbonyl (C=O) groups is 1. The molecular weight excluding hydrogens is 478 g/mol. The number of carbonyl (C=O) groups excluding carboxylic acids is 1. The molecule has 190 valence electrons. The molecule has 1 aliphatic heterocycles. The molecule has 0 unspecified atom stereocenters. The Labute approximate surface area is 216 Å². The number of ether oxygens (including phenoxy) is 2. The Bertz CT molecular complexity index is 1220. The van der Waals surface area contributed by atoms with Crippen LogP contribution in [0.3, 0.4) is 0 Å². The van der Waals surface area contributed by atoms with Crippen LogP contribution in [0.4, 0.5) is 4.79 Å². The van der Waals surface area contributed by atoms with Crippen LogP contribution in [0.1, 0.15) is 69.6 Å². The Hall–Kier alpha value is -3.13. The van der Waals surface area contributed by atoms with Crippen LogP contribution >= 0.6 is 11.6 Å². The number of benzene rings is 1. The molecule has 2 aromatic heterocycles. The number of rotatable bonds is 4. The SMILES string of the molecule is CC(C)(C)OC(=O)N[C@H]1Cc2cc(Cl)ccc2-n2c(nnc2C2CCC(Oc3ccccn3)CC2)C1. The zero-order valence-corrected chi connectivity index (χ0v) is 21.7. The van der Waals surface area contributed by atoms with Crippen molar-refractivity contribution in [1.82, 2.24) is 25.1 Å². The molecule has 1 fully saturated rings. The summed E-state index contributed by atoms with van der Waals surface area (Å²) in [6.07, 6.45) is 6.42. The van der Waals surface area contributed by atoms with E-state index in [9.17, 15) is 4.79 Å². The van der Waals surface area contributed by atoms with Gasteiger partial charge in [0, 0.05) is 35.7 Å². The molecule has 9 heteroatoms. The van der Waals surface area contributed by atoms with Crippen molar-refractivity contribution in [2.75, 3.05) is 0 Å². The number of fused-ring (bicyclic) bond motifs is 3. The second-order valence-electron chi connectivity index (χ2n) is 10.6. The van der Waals surface area contributed by atoms with Crippen LogP contribution < -0.4 is 10.1 Å². The normalized spacial score (nSPS) is 21.6. The monoisotopic (exact) mass is 509 g/mol. The van der Waals surface area contributed by atoms with E-state index in [1.165, 1.54) is 0 Å². The highest BCUT2D eigenvalue weighted by atomic mass is 35.5. The van der Waals surface area contributed by atoms with Gasteiger partial charge < -0.3 is 14.8 Å². The molecule has 1 aliphatic carbocycles. The lowest BCUT2D eigenvalue weighted by Crippen LogP contribution is -2.41. The van der Waals surface area contributed by atoms with E-state index < -0.39 is 11.7 Å². The molecule has 3 aromatic rings. The summed E-state index contributed by atoms with van der Waals surface area (Å²) >= 11 is 6.37. The molecule has 0 bridgehead atoms. The molecule has 1 atom stereocenters. The first-order chi connectivity index (χ1) is 17.2. The first-order valence-electron chi connectivity index (χ1n) is 12.6. The van der Waals surface area contributed by atoms with Crippen molar-refractivity contribution in [3.63, 3.8) is 0 Å². The second-order valence-corrected chi connectivity index (χ2v) is 11.0. The lowest BCUT2D eigenvalue weighted by Gasteiger charge is -2.28. The van der Waals surface area contributed by atoms with E-state index >= 15 is 0 Å². The van der Waals surface area contributed by atoms with Gasteiger partial charge in [-0.25, -0.2) is 9.78 Å². The third-order valence-corrected chi connectivity index (χ3v) is 6.85. The quantitative estimate of drug-likeness (QED) is 0.505. The predicted octanol–water partition coefficient (Wildman–Crippen LogP) is 5.41. The smallest absolute Gasteiger partial charge is 0.407 e. The summed E-state index contributed by atoms with van der Waals surface area (Å²) in [6, 6.07) is 11.4. The summed E-state index contributed by atoms with van der Waals surface area (Å²) < 4.78 is 13.8. The van der Waals surface area contributed by atoms with Gasteiger partial charge in [-0.3, -0.25) is 4.57 Å². The lowest BCUT2D eigenvalue weighted by atomic mass is 9.86. The third kappa shape index (κ3) is 5.64. The summed E-state index contributed by atoms with van der Waals surface area (Å²) in [4.78, 5) is 16.8. The van der Waals surface area contributed by atoms with Crippen LogP contribution in [0.25, 0.3) is 5.69 Å². The summed E-state index contributed by atoms with van der Waals surface area (Å²) in [7, 11) is 0. The summed E-state index contributed by atoms with van der Waals surface area (Å²) in [5.74, 6) is 2.74. The maximum absolute atomic E-state index is 12.5. The fraction of sp³-hybridized carbons (Fsp3) is 0.481. The van der Waals surface area contributed by atoms with Crippen LogP contribution in [0.5, 0.6) is 5.88 Å². The van der Waals surface area contributed by atoms with E-state index in [0.29, 0.717) is 23.7 Å². The molecule has 1 saturated carbocycles. The van der Waals surface area contributed by atoms with Crippen LogP contribution in [-0.4, -0.2) is 43.6 Å². The Kier molecular flexibility index (Phi) is 6.88. The predicted molar refractivity (Wildman–Crippen MR) is 137 cm³/mol. The van der Waals surface area contributed by atoms with E-state index in [4.69, 9.17) is 21.1 Å². The lowest BCUT2D eigenvalue weighted by molar-refractivity contribution is 0.0504. The number of aromatic nitrogens is 4. The molecule has 0 spiro atoms. The van der Waals surface area contributed by atoms with Crippen molar-refractivity contribution < 1.29 is 14.3 Å². The van der Waals surface area contributed by atoms with Crippen molar-refractivity contribution in [3.8, 4) is 11.6 Å². The van der Waals surface area contributed by atoms with Crippen LogP contribution in [0.2, 0.25) is 5.02 Å². The Morgan fingerprint density at radius 3 is 2.61 bits per heavy atom. The van der Waals surface area contributed by atoms with E-state index in [2.05, 4.69) is 25.1 Å². The molecule has 2 aliphatic rings. The maximum Gasteiger partial charge on any atom is 0.407 e. The van der Waals surface area contributed by atoms with E-state index in [0.717, 1.165) is 48.6 Å². The zero-order valence-electron chi connectivity index (χ0n) is 20.9. The van der Waals surface area contributed by atoms with Gasteiger partial charge in [0.1, 0.15) is 23.4 Å². The van der Waals surface area contributed by atoms with E-state index in [1.54, 1.807) is 6.20 Å². The highest BCUT2D eigenvalue weighted by Crippen LogP contribution is 2.37. The zero-order chi connectivity index (χ0) is 25.3. The minimum absolute atomic E-state index is 0.149. The Morgan fingerprint density at radius 1 is 1.08 bits per heavy atom. The van der Waals surface area contributed by atoms with Gasteiger partial charge in [-0.15, -0.1) is 10.2 Å². The maximum atomic E-state index is 12.5. The molecule has 5 rings (SSSR count). The number of halogens is 1. The number of alkyl carbamates (subject to hydrolysis) is 1.